The monoisotopic (exact) mass is 297 g/mol. The van der Waals surface area contributed by atoms with Crippen LogP contribution in [0, 0.1) is 0 Å². The molecule has 1 heterocycles. The summed E-state index contributed by atoms with van der Waals surface area (Å²) in [6.07, 6.45) is 2.47. The van der Waals surface area contributed by atoms with Crippen LogP contribution in [0.2, 0.25) is 0 Å². The Bertz CT molecular complexity index is 447. The van der Waals surface area contributed by atoms with Crippen LogP contribution in [-0.4, -0.2) is 23.6 Å². The molecule has 3 N–H and O–H groups in total. The average molecular weight is 298 g/mol. The Labute approximate surface area is 109 Å². The maximum atomic E-state index is 8.67. The second-order valence-corrected chi connectivity index (χ2v) is 5.19. The van der Waals surface area contributed by atoms with Crippen molar-refractivity contribution in [1.82, 2.24) is 0 Å². The molecule has 2 rings (SSSR count). The van der Waals surface area contributed by atoms with Crippen LogP contribution in [0.25, 0.3) is 0 Å². The SMILES string of the molecule is CC1CCCN1c1ccc(/C(N)=N/O)c(Br)c1. The van der Waals surface area contributed by atoms with Gasteiger partial charge in [-0.3, -0.25) is 0 Å². The average Bonchev–Trinajstić information content (AvgIpc) is 2.74. The molecule has 0 saturated carbocycles. The molecule has 0 amide bonds. The molecule has 1 aromatic carbocycles. The molecule has 1 atom stereocenters. The molecule has 17 heavy (non-hydrogen) atoms. The second-order valence-electron chi connectivity index (χ2n) is 4.33. The molecule has 4 nitrogen and oxygen atoms in total. The van der Waals surface area contributed by atoms with Gasteiger partial charge in [-0.05, 0) is 53.9 Å². The van der Waals surface area contributed by atoms with Gasteiger partial charge in [0, 0.05) is 28.3 Å². The van der Waals surface area contributed by atoms with Gasteiger partial charge in [0.1, 0.15) is 0 Å². The molecule has 5 heteroatoms. The summed E-state index contributed by atoms with van der Waals surface area (Å²) in [5.41, 5.74) is 7.47. The van der Waals surface area contributed by atoms with Crippen LogP contribution in [-0.2, 0) is 0 Å². The number of amidine groups is 1. The molecule has 1 unspecified atom stereocenters. The Balaban J connectivity index is 2.30. The Morgan fingerprint density at radius 1 is 1.59 bits per heavy atom. The van der Waals surface area contributed by atoms with Crippen LogP contribution in [0.3, 0.4) is 0 Å². The lowest BCUT2D eigenvalue weighted by Gasteiger charge is -2.24. The molecular formula is C12H16BrN3O. The lowest BCUT2D eigenvalue weighted by molar-refractivity contribution is 0.318. The van der Waals surface area contributed by atoms with Crippen LogP contribution in [0.4, 0.5) is 5.69 Å². The van der Waals surface area contributed by atoms with Gasteiger partial charge in [-0.25, -0.2) is 0 Å². The molecule has 92 valence electrons. The number of halogens is 1. The zero-order valence-corrected chi connectivity index (χ0v) is 11.3. The van der Waals surface area contributed by atoms with Gasteiger partial charge < -0.3 is 15.8 Å². The molecule has 1 fully saturated rings. The normalized spacial score (nSPS) is 20.9. The number of rotatable bonds is 2. The van der Waals surface area contributed by atoms with Gasteiger partial charge in [-0.15, -0.1) is 0 Å². The number of hydrogen-bond acceptors (Lipinski definition) is 3. The third-order valence-corrected chi connectivity index (χ3v) is 3.88. The number of nitrogens with zero attached hydrogens (tertiary/aromatic N) is 2. The Morgan fingerprint density at radius 3 is 2.88 bits per heavy atom. The van der Waals surface area contributed by atoms with Crippen LogP contribution < -0.4 is 10.6 Å². The summed E-state index contributed by atoms with van der Waals surface area (Å²) >= 11 is 3.46. The van der Waals surface area contributed by atoms with E-state index < -0.39 is 0 Å². The summed E-state index contributed by atoms with van der Waals surface area (Å²) in [7, 11) is 0. The fourth-order valence-corrected chi connectivity index (χ4v) is 2.83. The van der Waals surface area contributed by atoms with Crippen molar-refractivity contribution in [2.45, 2.75) is 25.8 Å². The highest BCUT2D eigenvalue weighted by Gasteiger charge is 2.21. The van der Waals surface area contributed by atoms with Crippen LogP contribution in [0.1, 0.15) is 25.3 Å². The fourth-order valence-electron chi connectivity index (χ4n) is 2.26. The van der Waals surface area contributed by atoms with E-state index in [0.717, 1.165) is 11.0 Å². The molecule has 1 aliphatic rings. The van der Waals surface area contributed by atoms with Crippen molar-refractivity contribution in [1.29, 1.82) is 0 Å². The summed E-state index contributed by atoms with van der Waals surface area (Å²) in [5, 5.41) is 11.7. The minimum atomic E-state index is 0.123. The Hall–Kier alpha value is -1.23. The molecule has 0 bridgehead atoms. The highest BCUT2D eigenvalue weighted by molar-refractivity contribution is 9.10. The Kier molecular flexibility index (Phi) is 3.57. The van der Waals surface area contributed by atoms with Crippen molar-refractivity contribution >= 4 is 27.5 Å². The van der Waals surface area contributed by atoms with E-state index in [-0.39, 0.29) is 5.84 Å². The molecule has 0 radical (unpaired) electrons. The molecule has 1 aromatic rings. The Morgan fingerprint density at radius 2 is 2.35 bits per heavy atom. The van der Waals surface area contributed by atoms with E-state index in [2.05, 4.69) is 32.9 Å². The zero-order chi connectivity index (χ0) is 12.4. The van der Waals surface area contributed by atoms with Gasteiger partial charge >= 0.3 is 0 Å². The third-order valence-electron chi connectivity index (χ3n) is 3.22. The van der Waals surface area contributed by atoms with E-state index in [0.29, 0.717) is 11.6 Å². The first kappa shape index (κ1) is 12.2. The highest BCUT2D eigenvalue weighted by Crippen LogP contribution is 2.29. The summed E-state index contributed by atoms with van der Waals surface area (Å²) in [6, 6.07) is 6.49. The van der Waals surface area contributed by atoms with Crippen molar-refractivity contribution in [2.75, 3.05) is 11.4 Å². The molecular weight excluding hydrogens is 282 g/mol. The fraction of sp³-hybridized carbons (Fsp3) is 0.417. The second kappa shape index (κ2) is 4.96. The van der Waals surface area contributed by atoms with Gasteiger partial charge in [0.2, 0.25) is 0 Å². The predicted molar refractivity (Wildman–Crippen MR) is 72.7 cm³/mol. The molecule has 1 aliphatic heterocycles. The van der Waals surface area contributed by atoms with Crippen molar-refractivity contribution in [3.8, 4) is 0 Å². The minimum Gasteiger partial charge on any atom is -0.409 e. The number of benzene rings is 1. The van der Waals surface area contributed by atoms with E-state index in [9.17, 15) is 0 Å². The zero-order valence-electron chi connectivity index (χ0n) is 9.73. The molecule has 0 aromatic heterocycles. The summed E-state index contributed by atoms with van der Waals surface area (Å²) in [5.74, 6) is 0.123. The van der Waals surface area contributed by atoms with Gasteiger partial charge in [-0.1, -0.05) is 5.16 Å². The smallest absolute Gasteiger partial charge is 0.171 e. The number of anilines is 1. The maximum Gasteiger partial charge on any atom is 0.171 e. The topological polar surface area (TPSA) is 61.8 Å². The predicted octanol–water partition coefficient (Wildman–Crippen LogP) is 2.53. The van der Waals surface area contributed by atoms with Crippen LogP contribution in [0.15, 0.2) is 27.8 Å². The van der Waals surface area contributed by atoms with Crippen molar-refractivity contribution in [3.05, 3.63) is 28.2 Å². The molecule has 0 spiro atoms. The van der Waals surface area contributed by atoms with E-state index >= 15 is 0 Å². The lowest BCUT2D eigenvalue weighted by Crippen LogP contribution is -2.26. The van der Waals surface area contributed by atoms with Gasteiger partial charge in [0.25, 0.3) is 0 Å². The first-order valence-corrected chi connectivity index (χ1v) is 6.47. The minimum absolute atomic E-state index is 0.123. The van der Waals surface area contributed by atoms with Crippen LogP contribution >= 0.6 is 15.9 Å². The standard InChI is InChI=1S/C12H16BrN3O/c1-8-3-2-6-16(8)9-4-5-10(11(13)7-9)12(14)15-17/h4-5,7-8,17H,2-3,6H2,1H3,(H2,14,15). The van der Waals surface area contributed by atoms with E-state index in [1.165, 1.54) is 18.5 Å². The largest absolute Gasteiger partial charge is 0.409 e. The first-order valence-electron chi connectivity index (χ1n) is 5.67. The van der Waals surface area contributed by atoms with Crippen molar-refractivity contribution in [2.24, 2.45) is 10.9 Å². The number of hydrogen-bond donors (Lipinski definition) is 2. The highest BCUT2D eigenvalue weighted by atomic mass is 79.9. The summed E-state index contributed by atoms with van der Waals surface area (Å²) < 4.78 is 0.851. The van der Waals surface area contributed by atoms with Crippen LogP contribution in [0.5, 0.6) is 0 Å². The number of nitrogens with two attached hydrogens (primary N) is 1. The van der Waals surface area contributed by atoms with Gasteiger partial charge in [0.15, 0.2) is 5.84 Å². The van der Waals surface area contributed by atoms with E-state index in [1.54, 1.807) is 0 Å². The summed E-state index contributed by atoms with van der Waals surface area (Å²) in [6.45, 7) is 3.33. The van der Waals surface area contributed by atoms with E-state index in [4.69, 9.17) is 10.9 Å². The third kappa shape index (κ3) is 2.39. The van der Waals surface area contributed by atoms with E-state index in [1.807, 2.05) is 18.2 Å². The maximum absolute atomic E-state index is 8.67. The molecule has 0 aliphatic carbocycles. The quantitative estimate of drug-likeness (QED) is 0.382. The van der Waals surface area contributed by atoms with Crippen molar-refractivity contribution < 1.29 is 5.21 Å². The first-order chi connectivity index (χ1) is 8.13. The number of oxime groups is 1. The van der Waals surface area contributed by atoms with Gasteiger partial charge in [0.05, 0.1) is 0 Å². The van der Waals surface area contributed by atoms with Crippen molar-refractivity contribution in [3.63, 3.8) is 0 Å². The summed E-state index contributed by atoms with van der Waals surface area (Å²) in [4.78, 5) is 2.38. The van der Waals surface area contributed by atoms with Gasteiger partial charge in [-0.2, -0.15) is 0 Å². The molecule has 1 saturated heterocycles. The lowest BCUT2D eigenvalue weighted by atomic mass is 10.1.